The van der Waals surface area contributed by atoms with E-state index in [1.807, 2.05) is 55.5 Å². The fraction of sp³-hybridized carbons (Fsp3) is 0.190. The second-order valence-electron chi connectivity index (χ2n) is 6.71. The molecule has 3 amide bonds. The van der Waals surface area contributed by atoms with Crippen LogP contribution in [0.3, 0.4) is 0 Å². The average Bonchev–Trinajstić information content (AvgIpc) is 2.88. The van der Waals surface area contributed by atoms with E-state index in [4.69, 9.17) is 0 Å². The molecule has 3 aromatic carbocycles. The molecular formula is C21H19N3O2. The number of fused-ring (bicyclic) bond motifs is 2. The Labute approximate surface area is 151 Å². The zero-order valence-corrected chi connectivity index (χ0v) is 14.7. The van der Waals surface area contributed by atoms with Gasteiger partial charge in [0, 0.05) is 5.56 Å². The average molecular weight is 345 g/mol. The second kappa shape index (κ2) is 5.95. The molecule has 130 valence electrons. The van der Waals surface area contributed by atoms with Crippen LogP contribution in [0.5, 0.6) is 0 Å². The maximum Gasteiger partial charge on any atom is 0.346 e. The summed E-state index contributed by atoms with van der Waals surface area (Å²) in [6.07, 6.45) is 2.13. The summed E-state index contributed by atoms with van der Waals surface area (Å²) in [6, 6.07) is 17.7. The van der Waals surface area contributed by atoms with Gasteiger partial charge in [0.1, 0.15) is 5.54 Å². The van der Waals surface area contributed by atoms with Gasteiger partial charge in [-0.1, -0.05) is 55.5 Å². The van der Waals surface area contributed by atoms with Gasteiger partial charge in [0.2, 0.25) is 0 Å². The van der Waals surface area contributed by atoms with E-state index in [0.717, 1.165) is 32.1 Å². The van der Waals surface area contributed by atoms with Crippen molar-refractivity contribution >= 4 is 39.7 Å². The summed E-state index contributed by atoms with van der Waals surface area (Å²) in [5.74, 6) is -0.328. The van der Waals surface area contributed by atoms with Gasteiger partial charge in [-0.15, -0.1) is 5.01 Å². The molecule has 5 heteroatoms. The lowest BCUT2D eigenvalue weighted by Crippen LogP contribution is -2.42. The topological polar surface area (TPSA) is 61.8 Å². The summed E-state index contributed by atoms with van der Waals surface area (Å²) in [5.41, 5.74) is -0.000640. The molecule has 1 atom stereocenters. The van der Waals surface area contributed by atoms with E-state index in [9.17, 15) is 9.59 Å². The first-order chi connectivity index (χ1) is 12.5. The van der Waals surface area contributed by atoms with Crippen molar-refractivity contribution in [2.24, 2.45) is 5.10 Å². The molecule has 0 saturated carbocycles. The van der Waals surface area contributed by atoms with Crippen molar-refractivity contribution in [2.75, 3.05) is 0 Å². The number of urea groups is 1. The molecule has 0 aromatic heterocycles. The molecule has 1 aliphatic heterocycles. The van der Waals surface area contributed by atoms with Gasteiger partial charge >= 0.3 is 6.03 Å². The largest absolute Gasteiger partial charge is 0.346 e. The van der Waals surface area contributed by atoms with Crippen LogP contribution in [0.4, 0.5) is 4.79 Å². The van der Waals surface area contributed by atoms with E-state index in [1.54, 1.807) is 13.1 Å². The van der Waals surface area contributed by atoms with Gasteiger partial charge < -0.3 is 5.32 Å². The summed E-state index contributed by atoms with van der Waals surface area (Å²) in [7, 11) is 0. The Hall–Kier alpha value is -3.21. The van der Waals surface area contributed by atoms with Crippen molar-refractivity contribution in [3.63, 3.8) is 0 Å². The smallest absolute Gasteiger partial charge is 0.322 e. The minimum atomic E-state index is -0.894. The van der Waals surface area contributed by atoms with Crippen molar-refractivity contribution in [3.8, 4) is 0 Å². The lowest BCUT2D eigenvalue weighted by atomic mass is 9.97. The normalized spacial score (nSPS) is 20.5. The van der Waals surface area contributed by atoms with Crippen LogP contribution in [0.25, 0.3) is 21.5 Å². The Morgan fingerprint density at radius 1 is 1.04 bits per heavy atom. The summed E-state index contributed by atoms with van der Waals surface area (Å²) < 4.78 is 0. The fourth-order valence-electron chi connectivity index (χ4n) is 3.32. The van der Waals surface area contributed by atoms with Crippen LogP contribution in [-0.4, -0.2) is 28.7 Å². The van der Waals surface area contributed by atoms with E-state index in [2.05, 4.69) is 16.5 Å². The van der Waals surface area contributed by atoms with Crippen LogP contribution in [0.15, 0.2) is 59.7 Å². The number of nitrogens with zero attached hydrogens (tertiary/aromatic N) is 2. The maximum atomic E-state index is 12.5. The molecule has 1 saturated heterocycles. The van der Waals surface area contributed by atoms with Crippen molar-refractivity contribution in [2.45, 2.75) is 25.8 Å². The van der Waals surface area contributed by atoms with Gasteiger partial charge in [-0.25, -0.2) is 4.79 Å². The Morgan fingerprint density at radius 3 is 2.15 bits per heavy atom. The van der Waals surface area contributed by atoms with Crippen LogP contribution in [-0.2, 0) is 4.79 Å². The number of benzene rings is 3. The number of carbonyl (C=O) groups is 2. The molecule has 0 spiro atoms. The summed E-state index contributed by atoms with van der Waals surface area (Å²) in [6.45, 7) is 3.58. The van der Waals surface area contributed by atoms with Gasteiger partial charge in [-0.3, -0.25) is 4.79 Å². The van der Waals surface area contributed by atoms with Crippen molar-refractivity contribution in [1.82, 2.24) is 10.3 Å². The zero-order valence-electron chi connectivity index (χ0n) is 14.7. The molecule has 5 nitrogen and oxygen atoms in total. The first kappa shape index (κ1) is 16.3. The van der Waals surface area contributed by atoms with Crippen molar-refractivity contribution in [3.05, 3.63) is 60.2 Å². The highest BCUT2D eigenvalue weighted by Gasteiger charge is 2.46. The highest BCUT2D eigenvalue weighted by molar-refractivity contribution is 6.14. The van der Waals surface area contributed by atoms with Gasteiger partial charge in [0.05, 0.1) is 6.21 Å². The molecule has 1 unspecified atom stereocenters. The highest BCUT2D eigenvalue weighted by Crippen LogP contribution is 2.28. The van der Waals surface area contributed by atoms with Gasteiger partial charge in [0.25, 0.3) is 5.91 Å². The molecule has 26 heavy (non-hydrogen) atoms. The quantitative estimate of drug-likeness (QED) is 0.442. The minimum absolute atomic E-state index is 0.328. The molecular weight excluding hydrogens is 326 g/mol. The van der Waals surface area contributed by atoms with Crippen LogP contribution in [0, 0.1) is 0 Å². The molecule has 1 heterocycles. The Balaban J connectivity index is 1.85. The molecule has 1 fully saturated rings. The van der Waals surface area contributed by atoms with Crippen LogP contribution >= 0.6 is 0 Å². The highest BCUT2D eigenvalue weighted by atomic mass is 16.2. The van der Waals surface area contributed by atoms with E-state index in [1.165, 1.54) is 0 Å². The molecule has 0 aliphatic carbocycles. The third kappa shape index (κ3) is 2.44. The van der Waals surface area contributed by atoms with Gasteiger partial charge in [0.15, 0.2) is 0 Å². The molecule has 3 aromatic rings. The Kier molecular flexibility index (Phi) is 3.72. The molecule has 0 radical (unpaired) electrons. The standard InChI is InChI=1S/C21H19N3O2/c1-3-21(2)19(25)24(20(26)23-21)22-13-18-16-10-6-4-8-14(16)12-15-9-5-7-11-17(15)18/h4-13H,3H2,1-2H3,(H,23,26)/b22-13+. The molecule has 4 rings (SSSR count). The van der Waals surface area contributed by atoms with Crippen molar-refractivity contribution < 1.29 is 9.59 Å². The second-order valence-corrected chi connectivity index (χ2v) is 6.71. The third-order valence-corrected chi connectivity index (χ3v) is 5.06. The number of rotatable bonds is 3. The summed E-state index contributed by atoms with van der Waals surface area (Å²) in [4.78, 5) is 24.7. The van der Waals surface area contributed by atoms with E-state index in [-0.39, 0.29) is 5.91 Å². The van der Waals surface area contributed by atoms with Gasteiger partial charge in [-0.2, -0.15) is 5.10 Å². The van der Waals surface area contributed by atoms with Crippen LogP contribution in [0.1, 0.15) is 25.8 Å². The number of amides is 3. The van der Waals surface area contributed by atoms with Gasteiger partial charge in [-0.05, 0) is 41.0 Å². The Morgan fingerprint density at radius 2 is 1.62 bits per heavy atom. The number of hydrogen-bond donors (Lipinski definition) is 1. The SMILES string of the molecule is CCC1(C)NC(=O)N(/N=C/c2c3ccccc3cc3ccccc23)C1=O. The maximum absolute atomic E-state index is 12.5. The summed E-state index contributed by atoms with van der Waals surface area (Å²) in [5, 5.41) is 12.1. The predicted molar refractivity (Wildman–Crippen MR) is 103 cm³/mol. The monoisotopic (exact) mass is 345 g/mol. The molecule has 1 aliphatic rings. The predicted octanol–water partition coefficient (Wildman–Crippen LogP) is 4.05. The number of imide groups is 1. The molecule has 1 N–H and O–H groups in total. The first-order valence-electron chi connectivity index (χ1n) is 8.65. The lowest BCUT2D eigenvalue weighted by Gasteiger charge is -2.17. The molecule has 0 bridgehead atoms. The Bertz CT molecular complexity index is 1020. The number of carbonyl (C=O) groups excluding carboxylic acids is 2. The van der Waals surface area contributed by atoms with E-state index in [0.29, 0.717) is 6.42 Å². The minimum Gasteiger partial charge on any atom is -0.322 e. The number of nitrogens with one attached hydrogen (secondary N) is 1. The zero-order chi connectivity index (χ0) is 18.3. The van der Waals surface area contributed by atoms with Crippen LogP contribution in [0.2, 0.25) is 0 Å². The number of hydrazone groups is 1. The fourth-order valence-corrected chi connectivity index (χ4v) is 3.32. The third-order valence-electron chi connectivity index (χ3n) is 5.06. The first-order valence-corrected chi connectivity index (χ1v) is 8.65. The van der Waals surface area contributed by atoms with E-state index < -0.39 is 11.6 Å². The lowest BCUT2D eigenvalue weighted by molar-refractivity contribution is -0.130. The van der Waals surface area contributed by atoms with Crippen LogP contribution < -0.4 is 5.32 Å². The number of hydrogen-bond acceptors (Lipinski definition) is 3. The van der Waals surface area contributed by atoms with E-state index >= 15 is 0 Å². The van der Waals surface area contributed by atoms with Crippen molar-refractivity contribution in [1.29, 1.82) is 0 Å². The summed E-state index contributed by atoms with van der Waals surface area (Å²) >= 11 is 0.